The van der Waals surface area contributed by atoms with Gasteiger partial charge in [0.2, 0.25) is 0 Å². The van der Waals surface area contributed by atoms with Gasteiger partial charge in [0.15, 0.2) is 11.7 Å². The maximum Gasteiger partial charge on any atom is 0.284 e. The van der Waals surface area contributed by atoms with Crippen molar-refractivity contribution in [1.29, 1.82) is 0 Å². The lowest BCUT2D eigenvalue weighted by atomic mass is 10.1. The average Bonchev–Trinajstić information content (AvgIpc) is 3.26. The van der Waals surface area contributed by atoms with Gasteiger partial charge < -0.3 is 25.5 Å². The average molecular weight is 470 g/mol. The van der Waals surface area contributed by atoms with Gasteiger partial charge in [-0.15, -0.1) is 24.0 Å². The molecule has 26 heavy (non-hydrogen) atoms. The van der Waals surface area contributed by atoms with Crippen LogP contribution in [-0.4, -0.2) is 32.1 Å². The second-order valence-electron chi connectivity index (χ2n) is 5.77. The topological polar surface area (TPSA) is 102 Å². The number of guanidine groups is 1. The standard InChI is InChI=1S/C18H22N4O3.HI/c1-20-18(22-11-14-3-5-16(25-14)17(19)23)21-8-6-12-2-4-15-13(10-12)7-9-24-15;/h2-5,10H,6-9,11H2,1H3,(H2,19,23)(H2,20,21,22);1H. The minimum atomic E-state index is -0.575. The van der Waals surface area contributed by atoms with Gasteiger partial charge in [-0.05, 0) is 35.7 Å². The van der Waals surface area contributed by atoms with Gasteiger partial charge in [0.1, 0.15) is 11.5 Å². The molecule has 1 amide bonds. The number of primary amides is 1. The summed E-state index contributed by atoms with van der Waals surface area (Å²) in [6, 6.07) is 9.61. The number of carbonyl (C=O) groups is 1. The Morgan fingerprint density at radius 2 is 2.12 bits per heavy atom. The summed E-state index contributed by atoms with van der Waals surface area (Å²) in [6.07, 6.45) is 1.87. The molecule has 0 bridgehead atoms. The van der Waals surface area contributed by atoms with E-state index in [1.54, 1.807) is 19.2 Å². The van der Waals surface area contributed by atoms with Crippen LogP contribution in [0, 0.1) is 0 Å². The van der Waals surface area contributed by atoms with Crippen LogP contribution in [0.2, 0.25) is 0 Å². The molecule has 0 saturated carbocycles. The Morgan fingerprint density at radius 3 is 2.85 bits per heavy atom. The highest BCUT2D eigenvalue weighted by Gasteiger charge is 2.12. The van der Waals surface area contributed by atoms with Crippen LogP contribution in [-0.2, 0) is 19.4 Å². The maximum absolute atomic E-state index is 11.0. The van der Waals surface area contributed by atoms with E-state index in [4.69, 9.17) is 14.9 Å². The van der Waals surface area contributed by atoms with Crippen molar-refractivity contribution in [3.8, 4) is 5.75 Å². The van der Waals surface area contributed by atoms with E-state index < -0.39 is 5.91 Å². The number of aliphatic imine (C=N–C) groups is 1. The molecular weight excluding hydrogens is 447 g/mol. The monoisotopic (exact) mass is 470 g/mol. The third-order valence-electron chi connectivity index (χ3n) is 4.02. The summed E-state index contributed by atoms with van der Waals surface area (Å²) in [6.45, 7) is 1.95. The van der Waals surface area contributed by atoms with Crippen LogP contribution in [0.15, 0.2) is 39.7 Å². The summed E-state index contributed by atoms with van der Waals surface area (Å²) in [4.78, 5) is 15.2. The smallest absolute Gasteiger partial charge is 0.284 e. The fourth-order valence-electron chi connectivity index (χ4n) is 2.72. The molecule has 0 aliphatic carbocycles. The summed E-state index contributed by atoms with van der Waals surface area (Å²) in [5.74, 6) is 1.87. The van der Waals surface area contributed by atoms with Gasteiger partial charge in [-0.1, -0.05) is 12.1 Å². The lowest BCUT2D eigenvalue weighted by molar-refractivity contribution is 0.0972. The summed E-state index contributed by atoms with van der Waals surface area (Å²) < 4.78 is 10.8. The van der Waals surface area contributed by atoms with Crippen molar-refractivity contribution in [2.24, 2.45) is 10.7 Å². The van der Waals surface area contributed by atoms with Crippen LogP contribution in [0.5, 0.6) is 5.75 Å². The number of benzene rings is 1. The Morgan fingerprint density at radius 1 is 1.27 bits per heavy atom. The lowest BCUT2D eigenvalue weighted by Gasteiger charge is -2.11. The van der Waals surface area contributed by atoms with Crippen LogP contribution in [0.25, 0.3) is 0 Å². The van der Waals surface area contributed by atoms with Gasteiger partial charge in [0.05, 0.1) is 13.2 Å². The first-order chi connectivity index (χ1) is 12.2. The molecule has 3 rings (SSSR count). The third kappa shape index (κ3) is 5.13. The Bertz CT molecular complexity index is 788. The molecule has 0 fully saturated rings. The Balaban J connectivity index is 0.00000243. The van der Waals surface area contributed by atoms with Crippen LogP contribution < -0.4 is 21.1 Å². The van der Waals surface area contributed by atoms with Gasteiger partial charge in [0, 0.05) is 20.0 Å². The zero-order chi connectivity index (χ0) is 17.6. The van der Waals surface area contributed by atoms with E-state index in [1.165, 1.54) is 11.1 Å². The molecule has 1 aliphatic heterocycles. The van der Waals surface area contributed by atoms with Crippen molar-refractivity contribution in [1.82, 2.24) is 10.6 Å². The highest BCUT2D eigenvalue weighted by atomic mass is 127. The summed E-state index contributed by atoms with van der Waals surface area (Å²) >= 11 is 0. The number of nitrogens with one attached hydrogen (secondary N) is 2. The SMILES string of the molecule is CN=C(NCCc1ccc2c(c1)CCO2)NCc1ccc(C(N)=O)o1.I. The van der Waals surface area contributed by atoms with E-state index in [0.717, 1.165) is 31.7 Å². The van der Waals surface area contributed by atoms with Gasteiger partial charge in [-0.2, -0.15) is 0 Å². The fraction of sp³-hybridized carbons (Fsp3) is 0.333. The van der Waals surface area contributed by atoms with E-state index in [-0.39, 0.29) is 29.7 Å². The molecular formula is C18H23IN4O3. The first-order valence-electron chi connectivity index (χ1n) is 8.23. The van der Waals surface area contributed by atoms with Crippen molar-refractivity contribution in [3.63, 3.8) is 0 Å². The van der Waals surface area contributed by atoms with Crippen LogP contribution in [0.1, 0.15) is 27.4 Å². The van der Waals surface area contributed by atoms with E-state index in [2.05, 4.69) is 27.8 Å². The van der Waals surface area contributed by atoms with E-state index in [9.17, 15) is 4.79 Å². The van der Waals surface area contributed by atoms with Crippen molar-refractivity contribution >= 4 is 35.8 Å². The molecule has 8 heteroatoms. The number of amides is 1. The van der Waals surface area contributed by atoms with Crippen LogP contribution in [0.3, 0.4) is 0 Å². The van der Waals surface area contributed by atoms with E-state index in [0.29, 0.717) is 18.3 Å². The van der Waals surface area contributed by atoms with Crippen molar-refractivity contribution in [3.05, 3.63) is 53.0 Å². The molecule has 0 radical (unpaired) electrons. The number of carbonyl (C=O) groups excluding carboxylic acids is 1. The first-order valence-corrected chi connectivity index (χ1v) is 8.23. The van der Waals surface area contributed by atoms with Gasteiger partial charge in [-0.25, -0.2) is 0 Å². The molecule has 0 saturated heterocycles. The van der Waals surface area contributed by atoms with Gasteiger partial charge >= 0.3 is 0 Å². The summed E-state index contributed by atoms with van der Waals surface area (Å²) in [7, 11) is 1.71. The molecule has 2 aromatic rings. The highest BCUT2D eigenvalue weighted by molar-refractivity contribution is 14.0. The van der Waals surface area contributed by atoms with Crippen LogP contribution in [0.4, 0.5) is 0 Å². The zero-order valence-electron chi connectivity index (χ0n) is 14.6. The number of furan rings is 1. The normalized spacial score (nSPS) is 12.7. The van der Waals surface area contributed by atoms with Crippen molar-refractivity contribution < 1.29 is 13.9 Å². The Kier molecular flexibility index (Phi) is 7.31. The highest BCUT2D eigenvalue weighted by Crippen LogP contribution is 2.25. The number of halogens is 1. The molecule has 4 N–H and O–H groups in total. The molecule has 0 spiro atoms. The third-order valence-corrected chi connectivity index (χ3v) is 4.02. The van der Waals surface area contributed by atoms with E-state index in [1.807, 2.05) is 6.07 Å². The van der Waals surface area contributed by atoms with E-state index >= 15 is 0 Å². The zero-order valence-corrected chi connectivity index (χ0v) is 16.9. The quantitative estimate of drug-likeness (QED) is 0.340. The molecule has 0 atom stereocenters. The number of ether oxygens (including phenoxy) is 1. The molecule has 1 aromatic carbocycles. The first kappa shape index (κ1) is 20.1. The number of hydrogen-bond acceptors (Lipinski definition) is 4. The summed E-state index contributed by atoms with van der Waals surface area (Å²) in [5.41, 5.74) is 7.72. The minimum absolute atomic E-state index is 0. The molecule has 1 aliphatic rings. The summed E-state index contributed by atoms with van der Waals surface area (Å²) in [5, 5.41) is 6.40. The van der Waals surface area contributed by atoms with Crippen LogP contribution >= 0.6 is 24.0 Å². The van der Waals surface area contributed by atoms with Gasteiger partial charge in [0.25, 0.3) is 5.91 Å². The maximum atomic E-state index is 11.0. The number of hydrogen-bond donors (Lipinski definition) is 3. The Hall–Kier alpha value is -2.23. The van der Waals surface area contributed by atoms with Crippen molar-refractivity contribution in [2.45, 2.75) is 19.4 Å². The van der Waals surface area contributed by atoms with Gasteiger partial charge in [-0.3, -0.25) is 9.79 Å². The number of nitrogens with two attached hydrogens (primary N) is 1. The molecule has 140 valence electrons. The number of fused-ring (bicyclic) bond motifs is 1. The molecule has 0 unspecified atom stereocenters. The predicted molar refractivity (Wildman–Crippen MR) is 110 cm³/mol. The predicted octanol–water partition coefficient (Wildman–Crippen LogP) is 1.84. The Labute approximate surface area is 169 Å². The fourth-order valence-corrected chi connectivity index (χ4v) is 2.72. The minimum Gasteiger partial charge on any atom is -0.493 e. The number of nitrogens with zero attached hydrogens (tertiary/aromatic N) is 1. The largest absolute Gasteiger partial charge is 0.493 e. The molecule has 1 aromatic heterocycles. The van der Waals surface area contributed by atoms with Crippen molar-refractivity contribution in [2.75, 3.05) is 20.2 Å². The second-order valence-corrected chi connectivity index (χ2v) is 5.77. The molecule has 7 nitrogen and oxygen atoms in total. The lowest BCUT2D eigenvalue weighted by Crippen LogP contribution is -2.37. The number of rotatable bonds is 6. The molecule has 2 heterocycles. The second kappa shape index (κ2) is 9.46.